The SMILES string of the molecule is Cc1c(CCO)c(C(F)(F)F)nn1CC(=O)N[C@@H](Cc1ccccc1)C(=O)N(C)c1ccc2c(c1)OCO2. The van der Waals surface area contributed by atoms with Crippen molar-refractivity contribution in [3.63, 3.8) is 0 Å². The molecule has 38 heavy (non-hydrogen) atoms. The van der Waals surface area contributed by atoms with Gasteiger partial charge in [-0.15, -0.1) is 0 Å². The number of aromatic nitrogens is 2. The molecule has 1 atom stereocenters. The van der Waals surface area contributed by atoms with Gasteiger partial charge in [0.15, 0.2) is 17.2 Å². The molecule has 0 saturated carbocycles. The minimum absolute atomic E-state index is 0.0755. The number of hydrogen-bond acceptors (Lipinski definition) is 6. The third-order valence-corrected chi connectivity index (χ3v) is 6.24. The Balaban J connectivity index is 1.56. The van der Waals surface area contributed by atoms with Gasteiger partial charge < -0.3 is 24.8 Å². The predicted octanol–water partition coefficient (Wildman–Crippen LogP) is 2.86. The molecular formula is C26H27F3N4O5. The number of nitrogens with one attached hydrogen (secondary N) is 1. The Kier molecular flexibility index (Phi) is 7.91. The highest BCUT2D eigenvalue weighted by Gasteiger charge is 2.38. The zero-order valence-corrected chi connectivity index (χ0v) is 20.8. The fourth-order valence-electron chi connectivity index (χ4n) is 4.26. The molecule has 3 aromatic rings. The van der Waals surface area contributed by atoms with Crippen LogP contribution in [0.4, 0.5) is 18.9 Å². The van der Waals surface area contributed by atoms with E-state index in [0.29, 0.717) is 17.2 Å². The molecule has 1 aliphatic rings. The lowest BCUT2D eigenvalue weighted by Crippen LogP contribution is -2.49. The Morgan fingerprint density at radius 3 is 2.55 bits per heavy atom. The molecule has 0 bridgehead atoms. The van der Waals surface area contributed by atoms with E-state index < -0.39 is 42.9 Å². The van der Waals surface area contributed by atoms with Crippen molar-refractivity contribution in [3.05, 3.63) is 71.0 Å². The molecule has 0 spiro atoms. The van der Waals surface area contributed by atoms with Crippen molar-refractivity contribution in [2.24, 2.45) is 0 Å². The quantitative estimate of drug-likeness (QED) is 0.439. The number of benzene rings is 2. The average Bonchev–Trinajstić information content (AvgIpc) is 3.48. The minimum Gasteiger partial charge on any atom is -0.454 e. The fraction of sp³-hybridized carbons (Fsp3) is 0.346. The van der Waals surface area contributed by atoms with Gasteiger partial charge in [0.1, 0.15) is 12.6 Å². The van der Waals surface area contributed by atoms with Crippen LogP contribution in [0.3, 0.4) is 0 Å². The molecule has 0 fully saturated rings. The summed E-state index contributed by atoms with van der Waals surface area (Å²) in [4.78, 5) is 27.9. The van der Waals surface area contributed by atoms with Crippen LogP contribution in [0.2, 0.25) is 0 Å². The van der Waals surface area contributed by atoms with E-state index in [1.54, 1.807) is 49.5 Å². The number of likely N-dealkylation sites (N-methyl/N-ethyl adjacent to an activating group) is 1. The van der Waals surface area contributed by atoms with Crippen molar-refractivity contribution < 1.29 is 37.3 Å². The number of aliphatic hydroxyl groups is 1. The summed E-state index contributed by atoms with van der Waals surface area (Å²) < 4.78 is 52.0. The van der Waals surface area contributed by atoms with Gasteiger partial charge in [-0.2, -0.15) is 18.3 Å². The molecular weight excluding hydrogens is 505 g/mol. The number of aliphatic hydroxyl groups excluding tert-OH is 1. The first-order valence-corrected chi connectivity index (χ1v) is 11.8. The van der Waals surface area contributed by atoms with Crippen LogP contribution in [0.1, 0.15) is 22.5 Å². The molecule has 12 heteroatoms. The lowest BCUT2D eigenvalue weighted by Gasteiger charge is -2.25. The van der Waals surface area contributed by atoms with Crippen LogP contribution >= 0.6 is 0 Å². The van der Waals surface area contributed by atoms with Crippen molar-refractivity contribution in [3.8, 4) is 11.5 Å². The number of alkyl halides is 3. The smallest absolute Gasteiger partial charge is 0.435 e. The fourth-order valence-corrected chi connectivity index (χ4v) is 4.26. The minimum atomic E-state index is -4.74. The number of ether oxygens (including phenoxy) is 2. The molecule has 2 amide bonds. The van der Waals surface area contributed by atoms with Crippen molar-refractivity contribution in [1.29, 1.82) is 0 Å². The Hall–Kier alpha value is -4.06. The zero-order valence-electron chi connectivity index (χ0n) is 20.8. The Bertz CT molecular complexity index is 1310. The van der Waals surface area contributed by atoms with Gasteiger partial charge in [0.25, 0.3) is 0 Å². The van der Waals surface area contributed by atoms with Crippen molar-refractivity contribution in [2.45, 2.75) is 38.5 Å². The van der Waals surface area contributed by atoms with Gasteiger partial charge in [0.05, 0.1) is 0 Å². The van der Waals surface area contributed by atoms with Gasteiger partial charge in [-0.25, -0.2) is 0 Å². The van der Waals surface area contributed by atoms with E-state index in [2.05, 4.69) is 10.4 Å². The van der Waals surface area contributed by atoms with Gasteiger partial charge in [0.2, 0.25) is 18.6 Å². The van der Waals surface area contributed by atoms with Crippen LogP contribution in [0.5, 0.6) is 11.5 Å². The van der Waals surface area contributed by atoms with Crippen molar-refractivity contribution in [2.75, 3.05) is 25.3 Å². The van der Waals surface area contributed by atoms with Crippen LogP contribution in [0.15, 0.2) is 48.5 Å². The Morgan fingerprint density at radius 1 is 1.16 bits per heavy atom. The largest absolute Gasteiger partial charge is 0.454 e. The van der Waals surface area contributed by atoms with Crippen LogP contribution in [-0.2, 0) is 35.2 Å². The maximum Gasteiger partial charge on any atom is 0.435 e. The summed E-state index contributed by atoms with van der Waals surface area (Å²) in [6.45, 7) is 0.445. The first kappa shape index (κ1) is 27.0. The summed E-state index contributed by atoms with van der Waals surface area (Å²) in [6.07, 6.45) is -4.84. The first-order chi connectivity index (χ1) is 18.1. The van der Waals surface area contributed by atoms with Gasteiger partial charge in [-0.1, -0.05) is 30.3 Å². The molecule has 2 heterocycles. The molecule has 2 N–H and O–H groups in total. The second kappa shape index (κ2) is 11.1. The maximum atomic E-state index is 13.5. The maximum absolute atomic E-state index is 13.5. The summed E-state index contributed by atoms with van der Waals surface area (Å²) >= 11 is 0. The number of fused-ring (bicyclic) bond motifs is 1. The van der Waals surface area contributed by atoms with Crippen LogP contribution in [0, 0.1) is 6.92 Å². The number of nitrogens with zero attached hydrogens (tertiary/aromatic N) is 3. The molecule has 4 rings (SSSR count). The van der Waals surface area contributed by atoms with Gasteiger partial charge in [-0.05, 0) is 31.0 Å². The van der Waals surface area contributed by atoms with Crippen LogP contribution in [0.25, 0.3) is 0 Å². The number of carbonyl (C=O) groups excluding carboxylic acids is 2. The summed E-state index contributed by atoms with van der Waals surface area (Å²) in [7, 11) is 1.55. The topological polar surface area (TPSA) is 106 Å². The highest BCUT2D eigenvalue weighted by Crippen LogP contribution is 2.35. The Labute approximate surface area is 216 Å². The third-order valence-electron chi connectivity index (χ3n) is 6.24. The standard InChI is InChI=1S/C26H27F3N4O5/c1-16-19(10-11-34)24(26(27,28)29)31-33(16)14-23(35)30-20(12-17-6-4-3-5-7-17)25(36)32(2)18-8-9-21-22(13-18)38-15-37-21/h3-9,13,20,34H,10-12,14-15H2,1-2H3,(H,30,35)/t20-/m0/s1. The monoisotopic (exact) mass is 532 g/mol. The summed E-state index contributed by atoms with van der Waals surface area (Å²) in [6, 6.07) is 13.0. The predicted molar refractivity (Wildman–Crippen MR) is 131 cm³/mol. The third kappa shape index (κ3) is 5.91. The number of hydrogen-bond donors (Lipinski definition) is 2. The van der Waals surface area contributed by atoms with E-state index in [1.165, 1.54) is 11.8 Å². The van der Waals surface area contributed by atoms with Crippen molar-refractivity contribution >= 4 is 17.5 Å². The van der Waals surface area contributed by atoms with E-state index in [0.717, 1.165) is 10.2 Å². The summed E-state index contributed by atoms with van der Waals surface area (Å²) in [5.41, 5.74) is 0.0940. The van der Waals surface area contributed by atoms with Crippen LogP contribution < -0.4 is 19.7 Å². The number of carbonyl (C=O) groups is 2. The lowest BCUT2D eigenvalue weighted by atomic mass is 10.0. The molecule has 0 saturated heterocycles. The van der Waals surface area contributed by atoms with Gasteiger partial charge >= 0.3 is 6.18 Å². The van der Waals surface area contributed by atoms with Crippen molar-refractivity contribution in [1.82, 2.24) is 15.1 Å². The zero-order chi connectivity index (χ0) is 27.4. The number of anilines is 1. The van der Waals surface area contributed by atoms with E-state index in [1.807, 2.05) is 6.07 Å². The summed E-state index contributed by atoms with van der Waals surface area (Å²) in [5.74, 6) is -0.0836. The molecule has 2 aromatic carbocycles. The van der Waals surface area contributed by atoms with E-state index in [-0.39, 0.29) is 30.9 Å². The van der Waals surface area contributed by atoms with Gasteiger partial charge in [-0.3, -0.25) is 14.3 Å². The average molecular weight is 533 g/mol. The normalized spacial score (nSPS) is 13.3. The molecule has 0 unspecified atom stereocenters. The molecule has 0 radical (unpaired) electrons. The summed E-state index contributed by atoms with van der Waals surface area (Å²) in [5, 5.41) is 15.5. The molecule has 0 aliphatic carbocycles. The molecule has 202 valence electrons. The molecule has 1 aromatic heterocycles. The van der Waals surface area contributed by atoms with E-state index in [9.17, 15) is 27.9 Å². The highest BCUT2D eigenvalue weighted by molar-refractivity contribution is 5.99. The van der Waals surface area contributed by atoms with E-state index >= 15 is 0 Å². The van der Waals surface area contributed by atoms with E-state index in [4.69, 9.17) is 9.47 Å². The highest BCUT2D eigenvalue weighted by atomic mass is 19.4. The molecule has 9 nitrogen and oxygen atoms in total. The second-order valence-corrected chi connectivity index (χ2v) is 8.79. The second-order valence-electron chi connectivity index (χ2n) is 8.79. The van der Waals surface area contributed by atoms with Gasteiger partial charge in [0, 0.05) is 43.1 Å². The lowest BCUT2D eigenvalue weighted by molar-refractivity contribution is -0.142. The number of rotatable bonds is 9. The number of halogens is 3. The van der Waals surface area contributed by atoms with Crippen LogP contribution in [-0.4, -0.2) is 53.2 Å². The Morgan fingerprint density at radius 2 is 1.87 bits per heavy atom. The molecule has 1 aliphatic heterocycles. The number of amides is 2. The first-order valence-electron chi connectivity index (χ1n) is 11.8.